The third-order valence-electron chi connectivity index (χ3n) is 4.39. The largest absolute Gasteiger partial charge is 0.481 e. The Balaban J connectivity index is 2.10. The zero-order valence-electron chi connectivity index (χ0n) is 14.5. The molecule has 0 spiro atoms. The summed E-state index contributed by atoms with van der Waals surface area (Å²) in [6, 6.07) is 30.2. The first-order chi connectivity index (χ1) is 12.7. The Hall–Kier alpha value is -2.91. The van der Waals surface area contributed by atoms with Crippen LogP contribution >= 0.6 is 0 Å². The molecule has 0 aliphatic carbocycles. The van der Waals surface area contributed by atoms with Crippen LogP contribution in [0.1, 0.15) is 29.5 Å². The van der Waals surface area contributed by atoms with Gasteiger partial charge in [0, 0.05) is 13.0 Å². The lowest BCUT2D eigenvalue weighted by atomic mass is 9.80. The lowest BCUT2D eigenvalue weighted by Crippen LogP contribution is -2.33. The van der Waals surface area contributed by atoms with Crippen LogP contribution < -0.4 is 0 Å². The van der Waals surface area contributed by atoms with Gasteiger partial charge in [-0.3, -0.25) is 4.79 Å². The van der Waals surface area contributed by atoms with Crippen molar-refractivity contribution in [2.24, 2.45) is 0 Å². The van der Waals surface area contributed by atoms with Gasteiger partial charge in [-0.2, -0.15) is 0 Å². The Morgan fingerprint density at radius 2 is 1.12 bits per heavy atom. The zero-order valence-corrected chi connectivity index (χ0v) is 14.5. The Kier molecular flexibility index (Phi) is 5.82. The molecule has 26 heavy (non-hydrogen) atoms. The minimum Gasteiger partial charge on any atom is -0.481 e. The van der Waals surface area contributed by atoms with Crippen LogP contribution in [0.2, 0.25) is 0 Å². The Morgan fingerprint density at radius 1 is 0.731 bits per heavy atom. The molecule has 0 aliphatic heterocycles. The molecule has 0 aliphatic rings. The molecule has 0 aromatic heterocycles. The number of rotatable bonds is 8. The van der Waals surface area contributed by atoms with Crippen LogP contribution in [0.15, 0.2) is 91.0 Å². The van der Waals surface area contributed by atoms with Crippen molar-refractivity contribution in [2.75, 3.05) is 6.61 Å². The van der Waals surface area contributed by atoms with Gasteiger partial charge in [0.15, 0.2) is 0 Å². The molecule has 3 rings (SSSR count). The van der Waals surface area contributed by atoms with Crippen LogP contribution in [0, 0.1) is 0 Å². The fourth-order valence-corrected chi connectivity index (χ4v) is 3.22. The maximum atomic E-state index is 10.9. The van der Waals surface area contributed by atoms with Crippen molar-refractivity contribution in [1.29, 1.82) is 0 Å². The van der Waals surface area contributed by atoms with E-state index < -0.39 is 11.6 Å². The van der Waals surface area contributed by atoms with Gasteiger partial charge >= 0.3 is 5.97 Å². The van der Waals surface area contributed by atoms with Crippen LogP contribution in [-0.4, -0.2) is 17.7 Å². The van der Waals surface area contributed by atoms with E-state index in [4.69, 9.17) is 9.84 Å². The molecule has 3 heteroatoms. The standard InChI is InChI=1S/C23H22O3/c24-22(25)17-10-18-26-23(19-11-4-1-5-12-19,20-13-6-2-7-14-20)21-15-8-3-9-16-21/h1-9,11-16H,10,17-18H2,(H,24,25). The molecular formula is C23H22O3. The maximum Gasteiger partial charge on any atom is 0.303 e. The number of carbonyl (C=O) groups is 1. The van der Waals surface area contributed by atoms with Crippen molar-refractivity contribution in [3.8, 4) is 0 Å². The number of hydrogen-bond donors (Lipinski definition) is 1. The van der Waals surface area contributed by atoms with Gasteiger partial charge in [-0.05, 0) is 23.1 Å². The molecule has 3 aromatic rings. The number of benzene rings is 3. The molecule has 0 unspecified atom stereocenters. The minimum atomic E-state index is -0.807. The quantitative estimate of drug-likeness (QED) is 0.468. The van der Waals surface area contributed by atoms with E-state index in [2.05, 4.69) is 36.4 Å². The second-order valence-corrected chi connectivity index (χ2v) is 6.13. The Bertz CT molecular complexity index is 717. The molecule has 0 heterocycles. The van der Waals surface area contributed by atoms with Crippen LogP contribution in [0.25, 0.3) is 0 Å². The highest BCUT2D eigenvalue weighted by Crippen LogP contribution is 2.40. The highest BCUT2D eigenvalue weighted by atomic mass is 16.5. The molecule has 3 aromatic carbocycles. The third-order valence-corrected chi connectivity index (χ3v) is 4.39. The van der Waals surface area contributed by atoms with Gasteiger partial charge in [0.05, 0.1) is 0 Å². The number of aliphatic carboxylic acids is 1. The van der Waals surface area contributed by atoms with Crippen molar-refractivity contribution in [3.05, 3.63) is 108 Å². The summed E-state index contributed by atoms with van der Waals surface area (Å²) in [7, 11) is 0. The maximum absolute atomic E-state index is 10.9. The van der Waals surface area contributed by atoms with Gasteiger partial charge in [0.2, 0.25) is 0 Å². The SMILES string of the molecule is O=C(O)CCCOC(c1ccccc1)(c1ccccc1)c1ccccc1. The predicted molar refractivity (Wildman–Crippen MR) is 102 cm³/mol. The highest BCUT2D eigenvalue weighted by Gasteiger charge is 2.37. The molecule has 0 atom stereocenters. The lowest BCUT2D eigenvalue weighted by Gasteiger charge is -2.36. The third kappa shape index (κ3) is 3.84. The topological polar surface area (TPSA) is 46.5 Å². The van der Waals surface area contributed by atoms with Crippen LogP contribution in [0.4, 0.5) is 0 Å². The van der Waals surface area contributed by atoms with Gasteiger partial charge in [0.1, 0.15) is 5.60 Å². The summed E-state index contributed by atoms with van der Waals surface area (Å²) in [5, 5.41) is 8.94. The van der Waals surface area contributed by atoms with Gasteiger partial charge < -0.3 is 9.84 Å². The van der Waals surface area contributed by atoms with Crippen LogP contribution in [-0.2, 0) is 15.1 Å². The van der Waals surface area contributed by atoms with Gasteiger partial charge in [-0.15, -0.1) is 0 Å². The van der Waals surface area contributed by atoms with Gasteiger partial charge in [0.25, 0.3) is 0 Å². The number of carboxylic acid groups (broad SMARTS) is 1. The summed E-state index contributed by atoms with van der Waals surface area (Å²) >= 11 is 0. The molecule has 0 saturated carbocycles. The van der Waals surface area contributed by atoms with Crippen molar-refractivity contribution < 1.29 is 14.6 Å². The van der Waals surface area contributed by atoms with Crippen molar-refractivity contribution in [3.63, 3.8) is 0 Å². The van der Waals surface area contributed by atoms with E-state index >= 15 is 0 Å². The normalized spacial score (nSPS) is 11.2. The van der Waals surface area contributed by atoms with Crippen LogP contribution in [0.3, 0.4) is 0 Å². The second-order valence-electron chi connectivity index (χ2n) is 6.13. The van der Waals surface area contributed by atoms with E-state index in [1.807, 2.05) is 54.6 Å². The van der Waals surface area contributed by atoms with E-state index in [-0.39, 0.29) is 6.42 Å². The summed E-state index contributed by atoms with van der Waals surface area (Å²) < 4.78 is 6.48. The second kappa shape index (κ2) is 8.45. The van der Waals surface area contributed by atoms with Gasteiger partial charge in [-0.25, -0.2) is 0 Å². The summed E-state index contributed by atoms with van der Waals surface area (Å²) in [4.78, 5) is 10.9. The van der Waals surface area contributed by atoms with Crippen molar-refractivity contribution >= 4 is 5.97 Å². The van der Waals surface area contributed by atoms with E-state index in [1.54, 1.807) is 0 Å². The summed E-state index contributed by atoms with van der Waals surface area (Å²) in [6.07, 6.45) is 0.554. The average Bonchev–Trinajstić information content (AvgIpc) is 2.70. The van der Waals surface area contributed by atoms with E-state index in [9.17, 15) is 4.79 Å². The highest BCUT2D eigenvalue weighted by molar-refractivity contribution is 5.66. The lowest BCUT2D eigenvalue weighted by molar-refractivity contribution is -0.137. The van der Waals surface area contributed by atoms with Crippen LogP contribution in [0.5, 0.6) is 0 Å². The van der Waals surface area contributed by atoms with Crippen molar-refractivity contribution in [2.45, 2.75) is 18.4 Å². The molecular weight excluding hydrogens is 324 g/mol. The first-order valence-corrected chi connectivity index (χ1v) is 8.76. The molecule has 0 radical (unpaired) electrons. The molecule has 0 bridgehead atoms. The Labute approximate surface area is 153 Å². The summed E-state index contributed by atoms with van der Waals surface area (Å²) in [6.45, 7) is 0.352. The fraction of sp³-hybridized carbons (Fsp3) is 0.174. The number of carboxylic acids is 1. The fourth-order valence-electron chi connectivity index (χ4n) is 3.22. The molecule has 0 fully saturated rings. The zero-order chi connectivity index (χ0) is 18.2. The molecule has 3 nitrogen and oxygen atoms in total. The minimum absolute atomic E-state index is 0.0917. The average molecular weight is 346 g/mol. The smallest absolute Gasteiger partial charge is 0.303 e. The van der Waals surface area contributed by atoms with E-state index in [0.717, 1.165) is 16.7 Å². The molecule has 132 valence electrons. The molecule has 0 saturated heterocycles. The first-order valence-electron chi connectivity index (χ1n) is 8.76. The molecule has 0 amide bonds. The van der Waals surface area contributed by atoms with Gasteiger partial charge in [-0.1, -0.05) is 91.0 Å². The summed E-state index contributed by atoms with van der Waals surface area (Å²) in [5.41, 5.74) is 2.29. The predicted octanol–water partition coefficient (Wildman–Crippen LogP) is 4.86. The monoisotopic (exact) mass is 346 g/mol. The molecule has 1 N–H and O–H groups in total. The number of hydrogen-bond acceptors (Lipinski definition) is 2. The van der Waals surface area contributed by atoms with Crippen molar-refractivity contribution in [1.82, 2.24) is 0 Å². The Morgan fingerprint density at radius 3 is 1.46 bits per heavy atom. The summed E-state index contributed by atoms with van der Waals surface area (Å²) in [5.74, 6) is -0.807. The van der Waals surface area contributed by atoms with E-state index in [1.165, 1.54) is 0 Å². The number of ether oxygens (including phenoxy) is 1. The first kappa shape index (κ1) is 17.9. The van der Waals surface area contributed by atoms with E-state index in [0.29, 0.717) is 13.0 Å².